The molecule has 3 heterocycles. The van der Waals surface area contributed by atoms with Crippen LogP contribution in [0.5, 0.6) is 28.7 Å². The van der Waals surface area contributed by atoms with Gasteiger partial charge in [-0.1, -0.05) is 12.1 Å². The molecular formula is C27H24N2O8. The Labute approximate surface area is 212 Å². The summed E-state index contributed by atoms with van der Waals surface area (Å²) in [6, 6.07) is 10.7. The maximum atomic E-state index is 13.5. The number of Topliss-reactive ketones (excluding diaryl/α,β-unsaturated/α-hetero) is 1. The van der Waals surface area contributed by atoms with Crippen LogP contribution in [-0.2, 0) is 16.1 Å². The van der Waals surface area contributed by atoms with Crippen molar-refractivity contribution in [2.75, 3.05) is 28.1 Å². The number of hydrogen-bond donors (Lipinski definition) is 1. The Hall–Kier alpha value is -4.73. The lowest BCUT2D eigenvalue weighted by atomic mass is 9.93. The molecule has 1 saturated heterocycles. The fourth-order valence-electron chi connectivity index (χ4n) is 4.58. The van der Waals surface area contributed by atoms with Crippen LogP contribution in [0.4, 0.5) is 0 Å². The fraction of sp³-hybridized carbons (Fsp3) is 0.222. The van der Waals surface area contributed by atoms with E-state index in [1.807, 2.05) is 0 Å². The highest BCUT2D eigenvalue weighted by Gasteiger charge is 2.48. The molecule has 1 fully saturated rings. The van der Waals surface area contributed by atoms with Crippen molar-refractivity contribution < 1.29 is 38.4 Å². The van der Waals surface area contributed by atoms with E-state index in [2.05, 4.69) is 4.98 Å². The number of ketones is 1. The summed E-state index contributed by atoms with van der Waals surface area (Å²) in [6.45, 7) is 0.0269. The van der Waals surface area contributed by atoms with Gasteiger partial charge >= 0.3 is 0 Å². The SMILES string of the molecule is COc1cccc(C(O)=C2C(=O)C(=O)N(Cc3ccncc3)C2c2cc(OC)c3c(c2OC)OCO3)c1. The third-order valence-electron chi connectivity index (χ3n) is 6.30. The number of pyridine rings is 1. The lowest BCUT2D eigenvalue weighted by Crippen LogP contribution is -2.29. The zero-order valence-electron chi connectivity index (χ0n) is 20.4. The van der Waals surface area contributed by atoms with Gasteiger partial charge in [0.25, 0.3) is 11.7 Å². The highest BCUT2D eigenvalue weighted by molar-refractivity contribution is 6.46. The van der Waals surface area contributed by atoms with E-state index in [0.29, 0.717) is 28.4 Å². The number of hydrogen-bond acceptors (Lipinski definition) is 9. The highest BCUT2D eigenvalue weighted by atomic mass is 16.7. The van der Waals surface area contributed by atoms with Crippen LogP contribution < -0.4 is 23.7 Å². The van der Waals surface area contributed by atoms with Crippen LogP contribution in [0.25, 0.3) is 5.76 Å². The van der Waals surface area contributed by atoms with Crippen molar-refractivity contribution in [3.8, 4) is 28.7 Å². The van der Waals surface area contributed by atoms with Crippen molar-refractivity contribution in [3.05, 3.63) is 77.1 Å². The van der Waals surface area contributed by atoms with Gasteiger partial charge in [-0.2, -0.15) is 0 Å². The summed E-state index contributed by atoms with van der Waals surface area (Å²) < 4.78 is 27.7. The summed E-state index contributed by atoms with van der Waals surface area (Å²) in [7, 11) is 4.42. The number of fused-ring (bicyclic) bond motifs is 1. The Morgan fingerprint density at radius 3 is 2.49 bits per heavy atom. The summed E-state index contributed by atoms with van der Waals surface area (Å²) in [5.74, 6) is -0.250. The number of aliphatic hydroxyl groups excluding tert-OH is 1. The number of nitrogens with zero attached hydrogens (tertiary/aromatic N) is 2. The van der Waals surface area contributed by atoms with Crippen LogP contribution in [0, 0.1) is 0 Å². The maximum absolute atomic E-state index is 13.5. The molecular weight excluding hydrogens is 480 g/mol. The van der Waals surface area contributed by atoms with E-state index < -0.39 is 17.7 Å². The molecule has 1 atom stereocenters. The van der Waals surface area contributed by atoms with Gasteiger partial charge < -0.3 is 33.7 Å². The summed E-state index contributed by atoms with van der Waals surface area (Å²) in [5, 5.41) is 11.4. The van der Waals surface area contributed by atoms with E-state index in [4.69, 9.17) is 23.7 Å². The molecule has 2 aliphatic heterocycles. The summed E-state index contributed by atoms with van der Waals surface area (Å²) in [4.78, 5) is 32.3. The second kappa shape index (κ2) is 9.73. The van der Waals surface area contributed by atoms with Gasteiger partial charge in [-0.05, 0) is 35.9 Å². The van der Waals surface area contributed by atoms with E-state index in [9.17, 15) is 14.7 Å². The minimum atomic E-state index is -1.03. The minimum Gasteiger partial charge on any atom is -0.507 e. The molecule has 0 aliphatic carbocycles. The summed E-state index contributed by atoms with van der Waals surface area (Å²) in [6.07, 6.45) is 3.20. The molecule has 2 aromatic carbocycles. The first-order valence-corrected chi connectivity index (χ1v) is 11.3. The zero-order valence-corrected chi connectivity index (χ0v) is 20.4. The van der Waals surface area contributed by atoms with Gasteiger partial charge in [-0.15, -0.1) is 0 Å². The molecule has 1 amide bonds. The molecule has 1 aromatic heterocycles. The highest BCUT2D eigenvalue weighted by Crippen LogP contribution is 2.54. The molecule has 10 nitrogen and oxygen atoms in total. The van der Waals surface area contributed by atoms with Crippen molar-refractivity contribution in [1.82, 2.24) is 9.88 Å². The van der Waals surface area contributed by atoms with Gasteiger partial charge in [0.05, 0.1) is 32.9 Å². The second-order valence-electron chi connectivity index (χ2n) is 8.28. The van der Waals surface area contributed by atoms with Gasteiger partial charge in [0.15, 0.2) is 11.5 Å². The van der Waals surface area contributed by atoms with Gasteiger partial charge in [-0.3, -0.25) is 14.6 Å². The molecule has 0 saturated carbocycles. The van der Waals surface area contributed by atoms with E-state index in [1.54, 1.807) is 54.9 Å². The zero-order chi connectivity index (χ0) is 26.1. The largest absolute Gasteiger partial charge is 0.507 e. The van der Waals surface area contributed by atoms with E-state index in [1.165, 1.54) is 26.2 Å². The first kappa shape index (κ1) is 24.0. The molecule has 37 heavy (non-hydrogen) atoms. The summed E-state index contributed by atoms with van der Waals surface area (Å²) >= 11 is 0. The summed E-state index contributed by atoms with van der Waals surface area (Å²) in [5.41, 5.74) is 1.35. The monoisotopic (exact) mass is 504 g/mol. The van der Waals surface area contributed by atoms with Crippen molar-refractivity contribution in [2.24, 2.45) is 0 Å². The van der Waals surface area contributed by atoms with Crippen LogP contribution in [0.3, 0.4) is 0 Å². The van der Waals surface area contributed by atoms with Crippen LogP contribution in [0.15, 0.2) is 60.4 Å². The van der Waals surface area contributed by atoms with Gasteiger partial charge in [0, 0.05) is 30.1 Å². The number of carbonyl (C=O) groups excluding carboxylic acids is 2. The molecule has 3 aromatic rings. The number of carbonyl (C=O) groups is 2. The van der Waals surface area contributed by atoms with E-state index >= 15 is 0 Å². The topological polar surface area (TPSA) is 117 Å². The van der Waals surface area contributed by atoms with Crippen LogP contribution in [0.1, 0.15) is 22.7 Å². The predicted octanol–water partition coefficient (Wildman–Crippen LogP) is 3.46. The second-order valence-corrected chi connectivity index (χ2v) is 8.28. The molecule has 0 bridgehead atoms. The third-order valence-corrected chi connectivity index (χ3v) is 6.30. The number of aromatic nitrogens is 1. The number of likely N-dealkylation sites (tertiary alicyclic amines) is 1. The number of amides is 1. The third kappa shape index (κ3) is 4.06. The van der Waals surface area contributed by atoms with Gasteiger partial charge in [-0.25, -0.2) is 0 Å². The Kier molecular flexibility index (Phi) is 6.31. The number of benzene rings is 2. The lowest BCUT2D eigenvalue weighted by molar-refractivity contribution is -0.140. The van der Waals surface area contributed by atoms with Gasteiger partial charge in [0.2, 0.25) is 18.3 Å². The normalized spacial score (nSPS) is 17.7. The van der Waals surface area contributed by atoms with Crippen molar-refractivity contribution >= 4 is 17.4 Å². The van der Waals surface area contributed by atoms with Crippen molar-refractivity contribution in [2.45, 2.75) is 12.6 Å². The first-order valence-electron chi connectivity index (χ1n) is 11.3. The Balaban J connectivity index is 1.76. The Morgan fingerprint density at radius 1 is 1.03 bits per heavy atom. The van der Waals surface area contributed by atoms with Crippen LogP contribution >= 0.6 is 0 Å². The molecule has 2 aliphatic rings. The van der Waals surface area contributed by atoms with Gasteiger partial charge in [0.1, 0.15) is 11.5 Å². The fourth-order valence-corrected chi connectivity index (χ4v) is 4.58. The number of ether oxygens (including phenoxy) is 5. The van der Waals surface area contributed by atoms with Crippen LogP contribution in [-0.4, -0.2) is 54.8 Å². The molecule has 10 heteroatoms. The minimum absolute atomic E-state index is 0.0491. The smallest absolute Gasteiger partial charge is 0.295 e. The quantitative estimate of drug-likeness (QED) is 0.293. The first-order chi connectivity index (χ1) is 18.0. The molecule has 5 rings (SSSR count). The molecule has 0 spiro atoms. The molecule has 1 N–H and O–H groups in total. The average Bonchev–Trinajstić information content (AvgIpc) is 3.52. The van der Waals surface area contributed by atoms with Crippen molar-refractivity contribution in [3.63, 3.8) is 0 Å². The molecule has 1 unspecified atom stereocenters. The van der Waals surface area contributed by atoms with E-state index in [-0.39, 0.29) is 36.2 Å². The number of aliphatic hydroxyl groups is 1. The Bertz CT molecular complexity index is 1400. The van der Waals surface area contributed by atoms with E-state index in [0.717, 1.165) is 5.56 Å². The molecule has 190 valence electrons. The average molecular weight is 504 g/mol. The lowest BCUT2D eigenvalue weighted by Gasteiger charge is -2.27. The molecule has 0 radical (unpaired) electrons. The van der Waals surface area contributed by atoms with Crippen LogP contribution in [0.2, 0.25) is 0 Å². The maximum Gasteiger partial charge on any atom is 0.295 e. The Morgan fingerprint density at radius 2 is 1.78 bits per heavy atom. The predicted molar refractivity (Wildman–Crippen MR) is 131 cm³/mol. The number of rotatable bonds is 7. The van der Waals surface area contributed by atoms with Crippen molar-refractivity contribution in [1.29, 1.82) is 0 Å². The standard InChI is InChI=1S/C27H24N2O8/c1-33-17-6-4-5-16(11-17)22(30)20-21(29(27(32)23(20)31)13-15-7-9-28-10-8-15)18-12-19(34-2)25-26(24(18)35-3)37-14-36-25/h4-12,21,30H,13-14H2,1-3H3. The number of methoxy groups -OCH3 is 3.